The number of amides is 1. The number of hydrogen-bond acceptors (Lipinski definition) is 2. The van der Waals surface area contributed by atoms with E-state index in [1.807, 2.05) is 24.0 Å². The van der Waals surface area contributed by atoms with Gasteiger partial charge in [-0.1, -0.05) is 44.2 Å². The highest BCUT2D eigenvalue weighted by Crippen LogP contribution is 2.33. The average Bonchev–Trinajstić information content (AvgIpc) is 2.75. The molecule has 0 unspecified atom stereocenters. The molecule has 0 aliphatic carbocycles. The molecule has 2 aromatic carbocycles. The number of aryl methyl sites for hydroxylation is 1. The Morgan fingerprint density at radius 2 is 1.67 bits per heavy atom. The zero-order valence-electron chi connectivity index (χ0n) is 17.6. The number of likely N-dealkylation sites (tertiary alicyclic amines) is 1. The van der Waals surface area contributed by atoms with E-state index in [4.69, 9.17) is 0 Å². The predicted molar refractivity (Wildman–Crippen MR) is 113 cm³/mol. The van der Waals surface area contributed by atoms with Crippen LogP contribution in [0.5, 0.6) is 0 Å². The lowest BCUT2D eigenvalue weighted by Crippen LogP contribution is -2.47. The highest BCUT2D eigenvalue weighted by atomic mass is 19.4. The number of carbonyl (C=O) groups is 1. The summed E-state index contributed by atoms with van der Waals surface area (Å²) in [5.74, 6) is 0.0834. The Balaban J connectivity index is 1.69. The molecule has 1 aliphatic heterocycles. The molecule has 0 atom stereocenters. The fourth-order valence-electron chi connectivity index (χ4n) is 4.13. The molecule has 0 aromatic heterocycles. The Hall–Kier alpha value is -2.34. The lowest BCUT2D eigenvalue weighted by molar-refractivity contribution is -0.138. The second-order valence-corrected chi connectivity index (χ2v) is 7.80. The minimum absolute atomic E-state index is 0.0686. The van der Waals surface area contributed by atoms with Gasteiger partial charge in [0.1, 0.15) is 0 Å². The molecule has 0 bridgehead atoms. The molecule has 1 saturated heterocycles. The number of anilines is 1. The van der Waals surface area contributed by atoms with Crippen molar-refractivity contribution in [2.24, 2.45) is 0 Å². The van der Waals surface area contributed by atoms with Crippen LogP contribution >= 0.6 is 0 Å². The van der Waals surface area contributed by atoms with Gasteiger partial charge in [0.2, 0.25) is 5.91 Å². The summed E-state index contributed by atoms with van der Waals surface area (Å²) in [6, 6.07) is 13.9. The second kappa shape index (κ2) is 9.65. The molecule has 0 spiro atoms. The Morgan fingerprint density at radius 1 is 1.03 bits per heavy atom. The van der Waals surface area contributed by atoms with Crippen molar-refractivity contribution in [2.45, 2.75) is 58.3 Å². The standard InChI is InChI=1S/C24H29F3N2O/c1-3-18-9-11-20(12-10-18)29(23(30)4-2)21-13-15-28(16-14-21)17-19-7-5-6-8-22(19)24(25,26)27/h5-12,21H,3-4,13-17H2,1-2H3. The highest BCUT2D eigenvalue weighted by Gasteiger charge is 2.34. The Morgan fingerprint density at radius 3 is 2.23 bits per heavy atom. The SMILES string of the molecule is CCC(=O)N(c1ccc(CC)cc1)C1CCN(Cc2ccccc2C(F)(F)F)CC1. The van der Waals surface area contributed by atoms with Gasteiger partial charge in [-0.3, -0.25) is 9.69 Å². The molecule has 3 nitrogen and oxygen atoms in total. The maximum Gasteiger partial charge on any atom is 0.416 e. The number of alkyl halides is 3. The molecule has 0 radical (unpaired) electrons. The third kappa shape index (κ3) is 5.22. The van der Waals surface area contributed by atoms with Crippen molar-refractivity contribution < 1.29 is 18.0 Å². The molecular weight excluding hydrogens is 389 g/mol. The number of nitrogens with zero attached hydrogens (tertiary/aromatic N) is 2. The van der Waals surface area contributed by atoms with Gasteiger partial charge in [-0.15, -0.1) is 0 Å². The number of benzene rings is 2. The average molecular weight is 419 g/mol. The maximum atomic E-state index is 13.3. The fourth-order valence-corrected chi connectivity index (χ4v) is 4.13. The first-order valence-corrected chi connectivity index (χ1v) is 10.6. The molecule has 162 valence electrons. The summed E-state index contributed by atoms with van der Waals surface area (Å²) in [6.45, 7) is 5.56. The van der Waals surface area contributed by atoms with Crippen LogP contribution in [0.2, 0.25) is 0 Å². The van der Waals surface area contributed by atoms with E-state index in [9.17, 15) is 18.0 Å². The van der Waals surface area contributed by atoms with Crippen LogP contribution in [0.4, 0.5) is 18.9 Å². The van der Waals surface area contributed by atoms with E-state index in [1.54, 1.807) is 12.1 Å². The number of halogens is 3. The minimum atomic E-state index is -4.34. The van der Waals surface area contributed by atoms with Gasteiger partial charge in [0.15, 0.2) is 0 Å². The zero-order chi connectivity index (χ0) is 21.7. The van der Waals surface area contributed by atoms with Crippen molar-refractivity contribution in [1.82, 2.24) is 4.90 Å². The van der Waals surface area contributed by atoms with Crippen LogP contribution < -0.4 is 4.90 Å². The number of hydrogen-bond donors (Lipinski definition) is 0. The summed E-state index contributed by atoms with van der Waals surface area (Å²) in [5, 5.41) is 0. The molecule has 30 heavy (non-hydrogen) atoms. The van der Waals surface area contributed by atoms with Crippen molar-refractivity contribution in [3.05, 3.63) is 65.2 Å². The van der Waals surface area contributed by atoms with Gasteiger partial charge in [-0.2, -0.15) is 13.2 Å². The van der Waals surface area contributed by atoms with Gasteiger partial charge in [0.05, 0.1) is 5.56 Å². The summed E-state index contributed by atoms with van der Waals surface area (Å²) < 4.78 is 39.8. The van der Waals surface area contributed by atoms with E-state index in [0.717, 1.165) is 31.0 Å². The number of piperidine rings is 1. The van der Waals surface area contributed by atoms with E-state index in [-0.39, 0.29) is 18.5 Å². The number of carbonyl (C=O) groups excluding carboxylic acids is 1. The van der Waals surface area contributed by atoms with Gasteiger partial charge < -0.3 is 4.90 Å². The summed E-state index contributed by atoms with van der Waals surface area (Å²) in [5.41, 5.74) is 1.87. The first-order valence-electron chi connectivity index (χ1n) is 10.6. The van der Waals surface area contributed by atoms with Gasteiger partial charge in [0.25, 0.3) is 0 Å². The Kier molecular flexibility index (Phi) is 7.19. The predicted octanol–water partition coefficient (Wildman–Crippen LogP) is 5.68. The van der Waals surface area contributed by atoms with Crippen LogP contribution in [0, 0.1) is 0 Å². The lowest BCUT2D eigenvalue weighted by Gasteiger charge is -2.39. The minimum Gasteiger partial charge on any atom is -0.309 e. The summed E-state index contributed by atoms with van der Waals surface area (Å²) in [4.78, 5) is 16.6. The number of rotatable bonds is 6. The lowest BCUT2D eigenvalue weighted by atomic mass is 9.99. The van der Waals surface area contributed by atoms with Crippen LogP contribution in [0.15, 0.2) is 48.5 Å². The molecule has 1 heterocycles. The monoisotopic (exact) mass is 418 g/mol. The van der Waals surface area contributed by atoms with Crippen LogP contribution in [-0.2, 0) is 23.9 Å². The molecule has 1 aliphatic rings. The van der Waals surface area contributed by atoms with Crippen molar-refractivity contribution in [1.29, 1.82) is 0 Å². The molecule has 2 aromatic rings. The van der Waals surface area contributed by atoms with Crippen LogP contribution in [0.3, 0.4) is 0 Å². The van der Waals surface area contributed by atoms with Crippen LogP contribution in [-0.4, -0.2) is 29.9 Å². The third-order valence-corrected chi connectivity index (χ3v) is 5.83. The molecule has 6 heteroatoms. The smallest absolute Gasteiger partial charge is 0.309 e. The van der Waals surface area contributed by atoms with Crippen molar-refractivity contribution in [3.63, 3.8) is 0 Å². The molecule has 0 saturated carbocycles. The van der Waals surface area contributed by atoms with Crippen LogP contribution in [0.1, 0.15) is 49.8 Å². The zero-order valence-corrected chi connectivity index (χ0v) is 17.6. The summed E-state index contributed by atoms with van der Waals surface area (Å²) in [6.07, 6.45) is -1.48. The van der Waals surface area contributed by atoms with Gasteiger partial charge in [-0.25, -0.2) is 0 Å². The van der Waals surface area contributed by atoms with Gasteiger partial charge in [0, 0.05) is 37.8 Å². The molecule has 1 fully saturated rings. The topological polar surface area (TPSA) is 23.6 Å². The fraction of sp³-hybridized carbons (Fsp3) is 0.458. The van der Waals surface area contributed by atoms with Crippen LogP contribution in [0.25, 0.3) is 0 Å². The van der Waals surface area contributed by atoms with Gasteiger partial charge >= 0.3 is 6.18 Å². The Labute approximate surface area is 176 Å². The second-order valence-electron chi connectivity index (χ2n) is 7.80. The quantitative estimate of drug-likeness (QED) is 0.603. The van der Waals surface area contributed by atoms with Crippen molar-refractivity contribution in [2.75, 3.05) is 18.0 Å². The first-order chi connectivity index (χ1) is 14.3. The van der Waals surface area contributed by atoms with E-state index < -0.39 is 11.7 Å². The highest BCUT2D eigenvalue weighted by molar-refractivity contribution is 5.93. The normalized spacial score (nSPS) is 15.9. The summed E-state index contributed by atoms with van der Waals surface area (Å²) in [7, 11) is 0. The summed E-state index contributed by atoms with van der Waals surface area (Å²) >= 11 is 0. The first kappa shape index (κ1) is 22.3. The van der Waals surface area contributed by atoms with E-state index in [2.05, 4.69) is 24.0 Å². The third-order valence-electron chi connectivity index (χ3n) is 5.83. The molecular formula is C24H29F3N2O. The molecule has 0 N–H and O–H groups in total. The van der Waals surface area contributed by atoms with E-state index >= 15 is 0 Å². The van der Waals surface area contributed by atoms with E-state index in [0.29, 0.717) is 25.1 Å². The van der Waals surface area contributed by atoms with Gasteiger partial charge in [-0.05, 0) is 48.6 Å². The maximum absolute atomic E-state index is 13.3. The largest absolute Gasteiger partial charge is 0.416 e. The van der Waals surface area contributed by atoms with Crippen molar-refractivity contribution >= 4 is 11.6 Å². The Bertz CT molecular complexity index is 840. The van der Waals surface area contributed by atoms with E-state index in [1.165, 1.54) is 11.6 Å². The molecule has 3 rings (SSSR count). The molecule has 1 amide bonds. The van der Waals surface area contributed by atoms with Crippen molar-refractivity contribution in [3.8, 4) is 0 Å².